The van der Waals surface area contributed by atoms with Gasteiger partial charge in [-0.2, -0.15) is 0 Å². The molecule has 108 valence electrons. The van der Waals surface area contributed by atoms with E-state index in [1.807, 2.05) is 17.8 Å². The third kappa shape index (κ3) is 2.77. The summed E-state index contributed by atoms with van der Waals surface area (Å²) in [5, 5.41) is 8.03. The Balaban J connectivity index is 2.11. The first-order chi connectivity index (χ1) is 10.3. The number of ether oxygens (including phenoxy) is 1. The third-order valence-electron chi connectivity index (χ3n) is 3.55. The highest BCUT2D eigenvalue weighted by molar-refractivity contribution is 7.10. The fourth-order valence-electron chi connectivity index (χ4n) is 2.55. The molecular formula is C17H18N2OS. The summed E-state index contributed by atoms with van der Waals surface area (Å²) in [4.78, 5) is 5.54. The van der Waals surface area contributed by atoms with Crippen molar-refractivity contribution in [3.63, 3.8) is 0 Å². The average molecular weight is 298 g/mol. The number of nitrogens with one attached hydrogen (secondary N) is 1. The van der Waals surface area contributed by atoms with Crippen LogP contribution < -0.4 is 10.1 Å². The first-order valence-electron chi connectivity index (χ1n) is 7.02. The van der Waals surface area contributed by atoms with Crippen LogP contribution in [0.4, 0.5) is 0 Å². The second-order valence-electron chi connectivity index (χ2n) is 4.82. The van der Waals surface area contributed by atoms with Gasteiger partial charge in [0.15, 0.2) is 0 Å². The highest BCUT2D eigenvalue weighted by Crippen LogP contribution is 2.34. The molecule has 2 heterocycles. The zero-order chi connectivity index (χ0) is 14.7. The van der Waals surface area contributed by atoms with Crippen LogP contribution in [0.5, 0.6) is 5.75 Å². The van der Waals surface area contributed by atoms with Crippen molar-refractivity contribution in [1.82, 2.24) is 10.3 Å². The van der Waals surface area contributed by atoms with Crippen molar-refractivity contribution < 1.29 is 4.74 Å². The van der Waals surface area contributed by atoms with Crippen molar-refractivity contribution in [2.75, 3.05) is 13.7 Å². The lowest BCUT2D eigenvalue weighted by Gasteiger charge is -2.18. The molecule has 1 aromatic carbocycles. The number of benzene rings is 1. The minimum atomic E-state index is 0.164. The standard InChI is InChI=1S/C17H18N2OS/c1-3-19-17(16-9-13(20-2)11-21-16)14-6-4-5-12-7-8-18-10-15(12)14/h4-11,17,19H,3H2,1-2H3. The topological polar surface area (TPSA) is 34.1 Å². The molecule has 0 aliphatic heterocycles. The molecule has 3 rings (SSSR count). The number of hydrogen-bond acceptors (Lipinski definition) is 4. The van der Waals surface area contributed by atoms with E-state index >= 15 is 0 Å². The molecule has 0 bridgehead atoms. The summed E-state index contributed by atoms with van der Waals surface area (Å²) in [5.41, 5.74) is 1.26. The summed E-state index contributed by atoms with van der Waals surface area (Å²) in [5.74, 6) is 0.913. The van der Waals surface area contributed by atoms with Gasteiger partial charge in [-0.25, -0.2) is 0 Å². The Bertz CT molecular complexity index is 733. The van der Waals surface area contributed by atoms with Crippen LogP contribution in [0.15, 0.2) is 48.1 Å². The van der Waals surface area contributed by atoms with Gasteiger partial charge in [0.05, 0.1) is 13.2 Å². The molecule has 0 spiro atoms. The lowest BCUT2D eigenvalue weighted by Crippen LogP contribution is -2.21. The summed E-state index contributed by atoms with van der Waals surface area (Å²) in [7, 11) is 1.70. The molecular weight excluding hydrogens is 280 g/mol. The second-order valence-corrected chi connectivity index (χ2v) is 5.77. The van der Waals surface area contributed by atoms with Crippen LogP contribution in [0.2, 0.25) is 0 Å². The Hall–Kier alpha value is -1.91. The van der Waals surface area contributed by atoms with E-state index in [1.165, 1.54) is 21.2 Å². The number of rotatable bonds is 5. The van der Waals surface area contributed by atoms with Crippen molar-refractivity contribution in [2.45, 2.75) is 13.0 Å². The molecule has 3 nitrogen and oxygen atoms in total. The molecule has 0 fully saturated rings. The maximum absolute atomic E-state index is 5.32. The van der Waals surface area contributed by atoms with Crippen LogP contribution in [0.3, 0.4) is 0 Å². The van der Waals surface area contributed by atoms with Crippen LogP contribution >= 0.6 is 11.3 Å². The Labute approximate surface area is 128 Å². The van der Waals surface area contributed by atoms with Gasteiger partial charge < -0.3 is 10.1 Å². The molecule has 4 heteroatoms. The van der Waals surface area contributed by atoms with Crippen LogP contribution in [0.1, 0.15) is 23.4 Å². The van der Waals surface area contributed by atoms with E-state index in [-0.39, 0.29) is 6.04 Å². The van der Waals surface area contributed by atoms with E-state index in [0.29, 0.717) is 0 Å². The molecule has 1 atom stereocenters. The van der Waals surface area contributed by atoms with Crippen molar-refractivity contribution in [3.8, 4) is 5.75 Å². The number of methoxy groups -OCH3 is 1. The number of hydrogen-bond donors (Lipinski definition) is 1. The zero-order valence-corrected chi connectivity index (χ0v) is 13.0. The van der Waals surface area contributed by atoms with Crippen LogP contribution in [-0.2, 0) is 0 Å². The maximum Gasteiger partial charge on any atom is 0.129 e. The van der Waals surface area contributed by atoms with Gasteiger partial charge in [-0.05, 0) is 29.6 Å². The molecule has 0 amide bonds. The van der Waals surface area contributed by atoms with E-state index in [1.54, 1.807) is 18.4 Å². The molecule has 0 saturated carbocycles. The summed E-state index contributed by atoms with van der Waals surface area (Å²) in [6, 6.07) is 10.7. The number of fused-ring (bicyclic) bond motifs is 1. The molecule has 21 heavy (non-hydrogen) atoms. The SMILES string of the molecule is CCNC(c1cc(OC)cs1)c1cccc2ccncc12. The first kappa shape index (κ1) is 14.0. The molecule has 3 aromatic rings. The number of pyridine rings is 1. The smallest absolute Gasteiger partial charge is 0.129 e. The van der Waals surface area contributed by atoms with E-state index in [4.69, 9.17) is 4.74 Å². The van der Waals surface area contributed by atoms with Gasteiger partial charge >= 0.3 is 0 Å². The number of thiophene rings is 1. The Morgan fingerprint density at radius 1 is 1.33 bits per heavy atom. The third-order valence-corrected chi connectivity index (χ3v) is 4.53. The first-order valence-corrected chi connectivity index (χ1v) is 7.90. The van der Waals surface area contributed by atoms with Gasteiger partial charge in [-0.3, -0.25) is 4.98 Å². The lowest BCUT2D eigenvalue weighted by atomic mass is 9.99. The van der Waals surface area contributed by atoms with Gasteiger partial charge in [-0.15, -0.1) is 11.3 Å². The van der Waals surface area contributed by atoms with Crippen LogP contribution in [-0.4, -0.2) is 18.6 Å². The zero-order valence-electron chi connectivity index (χ0n) is 12.2. The highest BCUT2D eigenvalue weighted by Gasteiger charge is 2.18. The predicted octanol–water partition coefficient (Wildman–Crippen LogP) is 4.00. The van der Waals surface area contributed by atoms with Crippen molar-refractivity contribution in [3.05, 3.63) is 58.5 Å². The van der Waals surface area contributed by atoms with Gasteiger partial charge in [0.1, 0.15) is 5.75 Å². The van der Waals surface area contributed by atoms with Crippen molar-refractivity contribution in [2.24, 2.45) is 0 Å². The van der Waals surface area contributed by atoms with Gasteiger partial charge in [0.2, 0.25) is 0 Å². The van der Waals surface area contributed by atoms with Gasteiger partial charge in [0.25, 0.3) is 0 Å². The monoisotopic (exact) mass is 298 g/mol. The average Bonchev–Trinajstić information content (AvgIpc) is 3.01. The fraction of sp³-hybridized carbons (Fsp3) is 0.235. The normalized spacial score (nSPS) is 12.5. The molecule has 0 saturated heterocycles. The highest BCUT2D eigenvalue weighted by atomic mass is 32.1. The Kier molecular flexibility index (Phi) is 4.18. The number of aromatic nitrogens is 1. The summed E-state index contributed by atoms with van der Waals surface area (Å²) >= 11 is 1.72. The van der Waals surface area contributed by atoms with Gasteiger partial charge in [-0.1, -0.05) is 25.1 Å². The molecule has 1 N–H and O–H groups in total. The van der Waals surface area contributed by atoms with E-state index in [9.17, 15) is 0 Å². The summed E-state index contributed by atoms with van der Waals surface area (Å²) < 4.78 is 5.32. The quantitative estimate of drug-likeness (QED) is 0.773. The maximum atomic E-state index is 5.32. The Morgan fingerprint density at radius 2 is 2.24 bits per heavy atom. The molecule has 1 unspecified atom stereocenters. The minimum Gasteiger partial charge on any atom is -0.496 e. The molecule has 0 aliphatic carbocycles. The largest absolute Gasteiger partial charge is 0.496 e. The molecule has 0 radical (unpaired) electrons. The number of nitrogens with zero attached hydrogens (tertiary/aromatic N) is 1. The Morgan fingerprint density at radius 3 is 3.00 bits per heavy atom. The van der Waals surface area contributed by atoms with Crippen molar-refractivity contribution in [1.29, 1.82) is 0 Å². The van der Waals surface area contributed by atoms with E-state index < -0.39 is 0 Å². The van der Waals surface area contributed by atoms with Crippen LogP contribution in [0, 0.1) is 0 Å². The van der Waals surface area contributed by atoms with Crippen molar-refractivity contribution >= 4 is 22.1 Å². The molecule has 0 aliphatic rings. The predicted molar refractivity (Wildman–Crippen MR) is 88.1 cm³/mol. The lowest BCUT2D eigenvalue weighted by molar-refractivity contribution is 0.416. The fourth-order valence-corrected chi connectivity index (χ4v) is 3.50. The van der Waals surface area contributed by atoms with E-state index in [0.717, 1.165) is 12.3 Å². The summed E-state index contributed by atoms with van der Waals surface area (Å²) in [6.07, 6.45) is 3.78. The van der Waals surface area contributed by atoms with E-state index in [2.05, 4.69) is 47.6 Å². The minimum absolute atomic E-state index is 0.164. The second kappa shape index (κ2) is 6.24. The van der Waals surface area contributed by atoms with Gasteiger partial charge in [0, 0.05) is 28.0 Å². The molecule has 2 aromatic heterocycles. The van der Waals surface area contributed by atoms with Crippen LogP contribution in [0.25, 0.3) is 10.8 Å². The summed E-state index contributed by atoms with van der Waals surface area (Å²) in [6.45, 7) is 3.03.